The molecule has 4 aromatic rings. The molecular weight excluding hydrogens is 438 g/mol. The lowest BCUT2D eigenvalue weighted by molar-refractivity contribution is 0.186. The molecule has 184 valence electrons. The number of aliphatic hydroxyl groups excluding tert-OH is 1. The zero-order valence-electron chi connectivity index (χ0n) is 20.5. The largest absolute Gasteiger partial charge is 0.475 e. The Balaban J connectivity index is 0.000000189. The lowest BCUT2D eigenvalue weighted by atomic mass is 10.1. The molecule has 5 rings (SSSR count). The third-order valence-corrected chi connectivity index (χ3v) is 5.99. The van der Waals surface area contributed by atoms with Crippen LogP contribution in [-0.2, 0) is 6.54 Å². The molecule has 0 amide bonds. The maximum absolute atomic E-state index is 9.52. The third kappa shape index (κ3) is 6.88. The Kier molecular flexibility index (Phi) is 8.47. The molecule has 0 bridgehead atoms. The number of fused-ring (bicyclic) bond motifs is 1. The van der Waals surface area contributed by atoms with Crippen molar-refractivity contribution < 1.29 is 9.84 Å². The summed E-state index contributed by atoms with van der Waals surface area (Å²) in [6, 6.07) is 19.9. The van der Waals surface area contributed by atoms with Gasteiger partial charge in [0.2, 0.25) is 5.88 Å². The molecule has 0 radical (unpaired) electrons. The molecule has 0 saturated carbocycles. The number of likely N-dealkylation sites (tertiary alicyclic amines) is 1. The summed E-state index contributed by atoms with van der Waals surface area (Å²) in [6.07, 6.45) is 4.98. The molecule has 0 spiro atoms. The fourth-order valence-corrected chi connectivity index (χ4v) is 4.23. The summed E-state index contributed by atoms with van der Waals surface area (Å²) in [5, 5.41) is 17.7. The van der Waals surface area contributed by atoms with Crippen molar-refractivity contribution >= 4 is 10.9 Å². The second-order valence-corrected chi connectivity index (χ2v) is 9.20. The van der Waals surface area contributed by atoms with Gasteiger partial charge < -0.3 is 15.6 Å². The number of pyridine rings is 1. The normalized spacial score (nSPS) is 15.0. The van der Waals surface area contributed by atoms with Crippen LogP contribution in [0.15, 0.2) is 66.9 Å². The van der Waals surface area contributed by atoms with Gasteiger partial charge in [-0.2, -0.15) is 5.10 Å². The summed E-state index contributed by atoms with van der Waals surface area (Å²) < 4.78 is 5.54. The summed E-state index contributed by atoms with van der Waals surface area (Å²) in [6.45, 7) is 7.62. The van der Waals surface area contributed by atoms with E-state index < -0.39 is 6.23 Å². The average Bonchev–Trinajstić information content (AvgIpc) is 3.29. The lowest BCUT2D eigenvalue weighted by Gasteiger charge is -2.26. The van der Waals surface area contributed by atoms with Crippen LogP contribution in [0.2, 0.25) is 0 Å². The number of piperidine rings is 1. The van der Waals surface area contributed by atoms with Gasteiger partial charge in [-0.15, -0.1) is 0 Å². The minimum Gasteiger partial charge on any atom is -0.475 e. The van der Waals surface area contributed by atoms with Crippen LogP contribution in [0.25, 0.3) is 22.2 Å². The number of aromatic nitrogens is 3. The fourth-order valence-electron chi connectivity index (χ4n) is 4.23. The molecule has 1 saturated heterocycles. The monoisotopic (exact) mass is 473 g/mol. The predicted octanol–water partition coefficient (Wildman–Crippen LogP) is 5.03. The first kappa shape index (κ1) is 24.9. The highest BCUT2D eigenvalue weighted by Crippen LogP contribution is 2.28. The number of H-pyrrole nitrogens is 1. The van der Waals surface area contributed by atoms with Gasteiger partial charge in [-0.3, -0.25) is 10.00 Å². The maximum Gasteiger partial charge on any atom is 0.213 e. The van der Waals surface area contributed by atoms with E-state index in [1.54, 1.807) is 12.3 Å². The summed E-state index contributed by atoms with van der Waals surface area (Å²) in [5.41, 5.74) is 10.1. The van der Waals surface area contributed by atoms with Crippen LogP contribution in [-0.4, -0.2) is 44.4 Å². The molecular formula is C28H35N5O2. The van der Waals surface area contributed by atoms with Gasteiger partial charge in [0.05, 0.1) is 11.6 Å². The average molecular weight is 474 g/mol. The van der Waals surface area contributed by atoms with Gasteiger partial charge in [-0.1, -0.05) is 42.8 Å². The number of benzene rings is 2. The van der Waals surface area contributed by atoms with Crippen molar-refractivity contribution in [1.82, 2.24) is 20.1 Å². The molecule has 4 N–H and O–H groups in total. The van der Waals surface area contributed by atoms with Crippen molar-refractivity contribution in [1.29, 1.82) is 0 Å². The number of aromatic amines is 1. The van der Waals surface area contributed by atoms with E-state index >= 15 is 0 Å². The Morgan fingerprint density at radius 3 is 2.46 bits per heavy atom. The zero-order chi connectivity index (χ0) is 24.6. The predicted molar refractivity (Wildman–Crippen MR) is 140 cm³/mol. The van der Waals surface area contributed by atoms with Crippen LogP contribution in [0.3, 0.4) is 0 Å². The minimum absolute atomic E-state index is 0.0816. The molecule has 2 aromatic carbocycles. The van der Waals surface area contributed by atoms with E-state index in [9.17, 15) is 5.11 Å². The van der Waals surface area contributed by atoms with Gasteiger partial charge in [-0.05, 0) is 69.1 Å². The molecule has 3 heterocycles. The molecule has 1 unspecified atom stereocenters. The number of nitrogens with zero attached hydrogens (tertiary/aromatic N) is 3. The first-order valence-electron chi connectivity index (χ1n) is 12.3. The van der Waals surface area contributed by atoms with Crippen molar-refractivity contribution in [2.24, 2.45) is 5.73 Å². The van der Waals surface area contributed by atoms with E-state index in [1.807, 2.05) is 38.1 Å². The van der Waals surface area contributed by atoms with E-state index in [1.165, 1.54) is 37.9 Å². The summed E-state index contributed by atoms with van der Waals surface area (Å²) >= 11 is 0. The molecule has 35 heavy (non-hydrogen) atoms. The number of hydrogen-bond acceptors (Lipinski definition) is 6. The van der Waals surface area contributed by atoms with Crippen molar-refractivity contribution in [3.05, 3.63) is 78.0 Å². The Morgan fingerprint density at radius 2 is 1.80 bits per heavy atom. The summed E-state index contributed by atoms with van der Waals surface area (Å²) in [5.74, 6) is 0.580. The van der Waals surface area contributed by atoms with Gasteiger partial charge in [0.25, 0.3) is 0 Å². The van der Waals surface area contributed by atoms with Crippen molar-refractivity contribution in [3.63, 3.8) is 0 Å². The Hall–Kier alpha value is -3.26. The second kappa shape index (κ2) is 11.9. The summed E-state index contributed by atoms with van der Waals surface area (Å²) in [4.78, 5) is 6.84. The van der Waals surface area contributed by atoms with Crippen molar-refractivity contribution in [3.8, 4) is 17.1 Å². The van der Waals surface area contributed by atoms with E-state index in [2.05, 4.69) is 50.4 Å². The standard InChI is InChI=1S/C16H18N4O2.C12H17N/c1-9(2)22-14-6-4-11(8-18-14)15-12-7-10(16(17)21)3-5-13(12)19-20-15;1-3-7-12(8-4-1)11-13-9-5-2-6-10-13/h3-9,16,21H,17H2,1-2H3,(H,19,20);1,3-4,7-8H,2,5-6,9-11H2. The number of ether oxygens (including phenoxy) is 1. The van der Waals surface area contributed by atoms with Crippen LogP contribution in [0.5, 0.6) is 5.88 Å². The van der Waals surface area contributed by atoms with Crippen molar-refractivity contribution in [2.45, 2.75) is 52.0 Å². The van der Waals surface area contributed by atoms with E-state index in [4.69, 9.17) is 10.5 Å². The highest BCUT2D eigenvalue weighted by Gasteiger charge is 2.12. The molecule has 0 aliphatic carbocycles. The lowest BCUT2D eigenvalue weighted by Crippen LogP contribution is -2.28. The number of hydrogen-bond donors (Lipinski definition) is 3. The van der Waals surface area contributed by atoms with Crippen molar-refractivity contribution in [2.75, 3.05) is 13.1 Å². The highest BCUT2D eigenvalue weighted by atomic mass is 16.5. The number of nitrogens with one attached hydrogen (secondary N) is 1. The van der Waals surface area contributed by atoms with Crippen LogP contribution in [0.1, 0.15) is 50.5 Å². The number of aliphatic hydroxyl groups is 1. The molecule has 1 aliphatic heterocycles. The third-order valence-electron chi connectivity index (χ3n) is 5.99. The number of nitrogens with two attached hydrogens (primary N) is 1. The van der Waals surface area contributed by atoms with Crippen LogP contribution < -0.4 is 10.5 Å². The quantitative estimate of drug-likeness (QED) is 0.340. The maximum atomic E-state index is 9.52. The van der Waals surface area contributed by atoms with E-state index in [0.29, 0.717) is 11.4 Å². The summed E-state index contributed by atoms with van der Waals surface area (Å²) in [7, 11) is 0. The topological polar surface area (TPSA) is 100 Å². The van der Waals surface area contributed by atoms with Gasteiger partial charge >= 0.3 is 0 Å². The van der Waals surface area contributed by atoms with E-state index in [-0.39, 0.29) is 6.10 Å². The Bertz CT molecular complexity index is 1180. The SMILES string of the molecule is CC(C)Oc1ccc(-c2n[nH]c3ccc(C(N)O)cc23)cn1.c1ccc(CN2CCCCC2)cc1. The van der Waals surface area contributed by atoms with Crippen LogP contribution in [0.4, 0.5) is 0 Å². The Morgan fingerprint density at radius 1 is 1.03 bits per heavy atom. The van der Waals surface area contributed by atoms with Gasteiger partial charge in [0, 0.05) is 29.8 Å². The van der Waals surface area contributed by atoms with E-state index in [0.717, 1.165) is 28.7 Å². The molecule has 1 atom stereocenters. The molecule has 7 heteroatoms. The smallest absolute Gasteiger partial charge is 0.213 e. The molecule has 1 fully saturated rings. The van der Waals surface area contributed by atoms with Gasteiger partial charge in [0.15, 0.2) is 0 Å². The van der Waals surface area contributed by atoms with Gasteiger partial charge in [0.1, 0.15) is 11.9 Å². The molecule has 2 aromatic heterocycles. The fraction of sp³-hybridized carbons (Fsp3) is 0.357. The molecule has 1 aliphatic rings. The second-order valence-electron chi connectivity index (χ2n) is 9.20. The van der Waals surface area contributed by atoms with Gasteiger partial charge in [-0.25, -0.2) is 4.98 Å². The zero-order valence-corrected chi connectivity index (χ0v) is 20.5. The first-order valence-corrected chi connectivity index (χ1v) is 12.3. The highest BCUT2D eigenvalue weighted by molar-refractivity contribution is 5.93. The first-order chi connectivity index (χ1) is 17.0. The Labute approximate surface area is 207 Å². The number of rotatable bonds is 6. The van der Waals surface area contributed by atoms with Crippen LogP contribution >= 0.6 is 0 Å². The van der Waals surface area contributed by atoms with Crippen LogP contribution in [0, 0.1) is 0 Å². The molecule has 7 nitrogen and oxygen atoms in total. The minimum atomic E-state index is -1.01.